The van der Waals surface area contributed by atoms with Crippen molar-refractivity contribution in [2.24, 2.45) is 0 Å². The third kappa shape index (κ3) is 4.18. The van der Waals surface area contributed by atoms with Gasteiger partial charge in [0.25, 0.3) is 0 Å². The minimum Gasteiger partial charge on any atom is -0.389 e. The average Bonchev–Trinajstić information content (AvgIpc) is 1.87. The van der Waals surface area contributed by atoms with E-state index in [4.69, 9.17) is 9.84 Å². The molecule has 1 N–H and O–H groups in total. The van der Waals surface area contributed by atoms with Crippen LogP contribution in [-0.4, -0.2) is 24.4 Å². The van der Waals surface area contributed by atoms with Crippen molar-refractivity contribution in [1.82, 2.24) is 0 Å². The van der Waals surface area contributed by atoms with Crippen molar-refractivity contribution >= 4 is 0 Å². The molecule has 0 rings (SSSR count). The van der Waals surface area contributed by atoms with E-state index < -0.39 is 6.10 Å². The Morgan fingerprint density at radius 3 is 2.67 bits per heavy atom. The fraction of sp³-hybridized carbons (Fsp3) is 0.714. The maximum atomic E-state index is 8.96. The lowest BCUT2D eigenvalue weighted by Gasteiger charge is -2.10. The molecule has 0 aromatic rings. The minimum atomic E-state index is -0.431. The molecule has 2 atom stereocenters. The van der Waals surface area contributed by atoms with Crippen molar-refractivity contribution in [2.45, 2.75) is 25.6 Å². The number of methoxy groups -OCH3 is 1. The first-order valence-corrected chi connectivity index (χ1v) is 3.04. The molecule has 9 heavy (non-hydrogen) atoms. The van der Waals surface area contributed by atoms with Gasteiger partial charge in [0.15, 0.2) is 0 Å². The molecule has 2 nitrogen and oxygen atoms in total. The van der Waals surface area contributed by atoms with Crippen LogP contribution in [0, 0.1) is 0 Å². The monoisotopic (exact) mass is 130 g/mol. The molecule has 0 saturated carbocycles. The van der Waals surface area contributed by atoms with E-state index in [0.717, 1.165) is 0 Å². The van der Waals surface area contributed by atoms with Crippen LogP contribution in [0.1, 0.15) is 13.3 Å². The number of hydrogen-bond acceptors (Lipinski definition) is 2. The molecule has 0 fully saturated rings. The highest BCUT2D eigenvalue weighted by molar-refractivity contribution is 4.79. The summed E-state index contributed by atoms with van der Waals surface area (Å²) in [4.78, 5) is 0. The Morgan fingerprint density at radius 2 is 2.33 bits per heavy atom. The molecule has 2 heteroatoms. The maximum Gasteiger partial charge on any atom is 0.0742 e. The molecule has 0 aromatic heterocycles. The molecule has 1 unspecified atom stereocenters. The summed E-state index contributed by atoms with van der Waals surface area (Å²) in [5.41, 5.74) is 0. The predicted octanol–water partition coefficient (Wildman–Crippen LogP) is 0.958. The zero-order valence-corrected chi connectivity index (χ0v) is 6.00. The number of aliphatic hydroxyl groups is 1. The quantitative estimate of drug-likeness (QED) is 0.574. The fourth-order valence-corrected chi connectivity index (χ4v) is 0.533. The van der Waals surface area contributed by atoms with E-state index in [-0.39, 0.29) is 6.10 Å². The van der Waals surface area contributed by atoms with E-state index in [1.807, 2.05) is 6.92 Å². The lowest BCUT2D eigenvalue weighted by Crippen LogP contribution is -2.14. The van der Waals surface area contributed by atoms with Gasteiger partial charge in [-0.15, -0.1) is 6.58 Å². The van der Waals surface area contributed by atoms with E-state index in [9.17, 15) is 0 Å². The van der Waals surface area contributed by atoms with E-state index in [2.05, 4.69) is 6.58 Å². The van der Waals surface area contributed by atoms with E-state index in [1.165, 1.54) is 6.08 Å². The second-order valence-electron chi connectivity index (χ2n) is 2.09. The largest absolute Gasteiger partial charge is 0.389 e. The first-order valence-electron chi connectivity index (χ1n) is 3.04. The van der Waals surface area contributed by atoms with E-state index in [1.54, 1.807) is 7.11 Å². The molecule has 0 saturated heterocycles. The molecule has 0 spiro atoms. The molecule has 0 heterocycles. The van der Waals surface area contributed by atoms with Crippen molar-refractivity contribution in [3.8, 4) is 0 Å². The van der Waals surface area contributed by atoms with Crippen molar-refractivity contribution in [1.29, 1.82) is 0 Å². The van der Waals surface area contributed by atoms with Gasteiger partial charge in [0.1, 0.15) is 0 Å². The molecular formula is C7H14O2. The Balaban J connectivity index is 3.33. The van der Waals surface area contributed by atoms with Crippen LogP contribution in [0.25, 0.3) is 0 Å². The fourth-order valence-electron chi connectivity index (χ4n) is 0.533. The molecule has 0 aliphatic carbocycles. The SMILES string of the molecule is C=CC(O)C[C@H](C)OC. The van der Waals surface area contributed by atoms with Gasteiger partial charge in [-0.3, -0.25) is 0 Å². The third-order valence-corrected chi connectivity index (χ3v) is 1.25. The molecule has 0 amide bonds. The second kappa shape index (κ2) is 4.53. The van der Waals surface area contributed by atoms with Gasteiger partial charge in [-0.05, 0) is 6.92 Å². The van der Waals surface area contributed by atoms with Gasteiger partial charge in [-0.1, -0.05) is 6.08 Å². The Kier molecular flexibility index (Phi) is 4.36. The highest BCUT2D eigenvalue weighted by atomic mass is 16.5. The van der Waals surface area contributed by atoms with Crippen LogP contribution < -0.4 is 0 Å². The molecule has 0 aromatic carbocycles. The normalized spacial score (nSPS) is 16.8. The van der Waals surface area contributed by atoms with Crippen molar-refractivity contribution in [3.05, 3.63) is 12.7 Å². The van der Waals surface area contributed by atoms with Crippen LogP contribution in [0.2, 0.25) is 0 Å². The maximum absolute atomic E-state index is 8.96. The summed E-state index contributed by atoms with van der Waals surface area (Å²) in [5.74, 6) is 0. The molecule has 0 radical (unpaired) electrons. The van der Waals surface area contributed by atoms with Crippen molar-refractivity contribution < 1.29 is 9.84 Å². The number of rotatable bonds is 4. The summed E-state index contributed by atoms with van der Waals surface area (Å²) in [6.45, 7) is 5.35. The van der Waals surface area contributed by atoms with Crippen LogP contribution in [0.15, 0.2) is 12.7 Å². The van der Waals surface area contributed by atoms with Gasteiger partial charge in [-0.2, -0.15) is 0 Å². The summed E-state index contributed by atoms with van der Waals surface area (Å²) >= 11 is 0. The smallest absolute Gasteiger partial charge is 0.0742 e. The lowest BCUT2D eigenvalue weighted by molar-refractivity contribution is 0.0727. The Bertz CT molecular complexity index is 81.0. The van der Waals surface area contributed by atoms with E-state index in [0.29, 0.717) is 6.42 Å². The summed E-state index contributed by atoms with van der Waals surface area (Å²) < 4.78 is 4.91. The zero-order chi connectivity index (χ0) is 7.28. The van der Waals surface area contributed by atoms with Crippen LogP contribution in [0.4, 0.5) is 0 Å². The minimum absolute atomic E-state index is 0.109. The summed E-state index contributed by atoms with van der Waals surface area (Å²) in [6, 6.07) is 0. The lowest BCUT2D eigenvalue weighted by atomic mass is 10.2. The van der Waals surface area contributed by atoms with Crippen LogP contribution in [0.5, 0.6) is 0 Å². The number of ether oxygens (including phenoxy) is 1. The topological polar surface area (TPSA) is 29.5 Å². The van der Waals surface area contributed by atoms with Gasteiger partial charge < -0.3 is 9.84 Å². The van der Waals surface area contributed by atoms with Gasteiger partial charge in [0.05, 0.1) is 12.2 Å². The van der Waals surface area contributed by atoms with Crippen LogP contribution in [-0.2, 0) is 4.74 Å². The second-order valence-corrected chi connectivity index (χ2v) is 2.09. The Morgan fingerprint density at radius 1 is 1.78 bits per heavy atom. The number of hydrogen-bond donors (Lipinski definition) is 1. The zero-order valence-electron chi connectivity index (χ0n) is 6.00. The first kappa shape index (κ1) is 8.66. The average molecular weight is 130 g/mol. The Labute approximate surface area is 56.1 Å². The highest BCUT2D eigenvalue weighted by Crippen LogP contribution is 2.00. The van der Waals surface area contributed by atoms with Crippen molar-refractivity contribution in [3.63, 3.8) is 0 Å². The molecule has 0 bridgehead atoms. The summed E-state index contributed by atoms with van der Waals surface area (Å²) in [6.07, 6.45) is 1.81. The van der Waals surface area contributed by atoms with E-state index >= 15 is 0 Å². The third-order valence-electron chi connectivity index (χ3n) is 1.25. The Hall–Kier alpha value is -0.340. The van der Waals surface area contributed by atoms with Crippen molar-refractivity contribution in [2.75, 3.05) is 7.11 Å². The summed E-state index contributed by atoms with van der Waals surface area (Å²) in [5, 5.41) is 8.96. The number of aliphatic hydroxyl groups excluding tert-OH is 1. The first-order chi connectivity index (χ1) is 4.20. The molecule has 0 aliphatic heterocycles. The van der Waals surface area contributed by atoms with Gasteiger partial charge >= 0.3 is 0 Å². The van der Waals surface area contributed by atoms with Gasteiger partial charge in [-0.25, -0.2) is 0 Å². The standard InChI is InChI=1S/C7H14O2/c1-4-7(8)5-6(2)9-3/h4,6-8H,1,5H2,2-3H3/t6-,7?/m0/s1. The van der Waals surface area contributed by atoms with Gasteiger partial charge in [0, 0.05) is 13.5 Å². The molecule has 54 valence electrons. The van der Waals surface area contributed by atoms with Gasteiger partial charge in [0.2, 0.25) is 0 Å². The van der Waals surface area contributed by atoms with Crippen LogP contribution in [0.3, 0.4) is 0 Å². The highest BCUT2D eigenvalue weighted by Gasteiger charge is 2.04. The summed E-state index contributed by atoms with van der Waals surface area (Å²) in [7, 11) is 1.63. The molecular weight excluding hydrogens is 116 g/mol. The molecule has 0 aliphatic rings. The predicted molar refractivity (Wildman–Crippen MR) is 37.3 cm³/mol. The van der Waals surface area contributed by atoms with Crippen LogP contribution >= 0.6 is 0 Å².